The van der Waals surface area contributed by atoms with E-state index in [1.807, 2.05) is 23.6 Å². The second-order valence-corrected chi connectivity index (χ2v) is 6.66. The van der Waals surface area contributed by atoms with Gasteiger partial charge in [0.1, 0.15) is 5.82 Å². The largest absolute Gasteiger partial charge is 0.270 e. The molecule has 2 nitrogen and oxygen atoms in total. The molecule has 100 valence electrons. The van der Waals surface area contributed by atoms with Crippen LogP contribution in [0.1, 0.15) is 4.88 Å². The van der Waals surface area contributed by atoms with E-state index in [-0.39, 0.29) is 11.7 Å². The second-order valence-electron chi connectivity index (χ2n) is 4.01. The third kappa shape index (κ3) is 2.54. The molecule has 1 aromatic heterocycles. The van der Waals surface area contributed by atoms with Crippen molar-refractivity contribution in [3.8, 4) is 0 Å². The molecular weight excluding hydrogens is 313 g/mol. The van der Waals surface area contributed by atoms with Gasteiger partial charge in [0, 0.05) is 4.88 Å². The smallest absolute Gasteiger partial charge is 0.268 e. The van der Waals surface area contributed by atoms with Gasteiger partial charge in [0.25, 0.3) is 5.91 Å². The molecule has 0 spiro atoms. The summed E-state index contributed by atoms with van der Waals surface area (Å²) in [6, 6.07) is 9.60. The van der Waals surface area contributed by atoms with Gasteiger partial charge >= 0.3 is 0 Å². The average Bonchev–Trinajstić information content (AvgIpc) is 3.02. The highest BCUT2D eigenvalue weighted by Gasteiger charge is 2.33. The number of anilines is 1. The zero-order valence-corrected chi connectivity index (χ0v) is 12.5. The van der Waals surface area contributed by atoms with Crippen LogP contribution >= 0.6 is 35.3 Å². The van der Waals surface area contributed by atoms with E-state index in [0.29, 0.717) is 14.9 Å². The molecule has 0 bridgehead atoms. The number of rotatable bonds is 2. The Hall–Kier alpha value is -1.50. The van der Waals surface area contributed by atoms with Crippen molar-refractivity contribution < 1.29 is 9.18 Å². The maximum absolute atomic E-state index is 12.9. The fraction of sp³-hybridized carbons (Fsp3) is 0. The number of hydrogen-bond donors (Lipinski definition) is 0. The normalized spacial score (nSPS) is 17.2. The molecule has 0 saturated carbocycles. The molecule has 0 N–H and O–H groups in total. The van der Waals surface area contributed by atoms with Gasteiger partial charge in [-0.25, -0.2) is 4.39 Å². The first-order chi connectivity index (χ1) is 9.65. The predicted octanol–water partition coefficient (Wildman–Crippen LogP) is 4.29. The Balaban J connectivity index is 1.93. The number of hydrogen-bond acceptors (Lipinski definition) is 4. The van der Waals surface area contributed by atoms with Crippen LogP contribution in [0.4, 0.5) is 10.1 Å². The number of thiophene rings is 1. The topological polar surface area (TPSA) is 20.3 Å². The van der Waals surface area contributed by atoms with Gasteiger partial charge in [-0.1, -0.05) is 30.0 Å². The zero-order valence-electron chi connectivity index (χ0n) is 10.1. The molecule has 1 saturated heterocycles. The van der Waals surface area contributed by atoms with Gasteiger partial charge in [-0.3, -0.25) is 9.69 Å². The number of carbonyl (C=O) groups is 1. The standard InChI is InChI=1S/C14H8FNOS3/c15-9-3-5-10(6-4-9)16-13(17)12(20-14(16)18)8-11-2-1-7-19-11/h1-8H/b12-8-. The van der Waals surface area contributed by atoms with Gasteiger partial charge in [0.2, 0.25) is 0 Å². The lowest BCUT2D eigenvalue weighted by Crippen LogP contribution is -2.27. The molecule has 1 fully saturated rings. The van der Waals surface area contributed by atoms with Gasteiger partial charge in [0.15, 0.2) is 4.32 Å². The fourth-order valence-corrected chi connectivity index (χ4v) is 3.80. The molecule has 0 radical (unpaired) electrons. The fourth-order valence-electron chi connectivity index (χ4n) is 1.78. The molecular formula is C14H8FNOS3. The SMILES string of the molecule is O=C1/C(=C/c2cccs2)SC(=S)N1c1ccc(F)cc1. The highest BCUT2D eigenvalue weighted by atomic mass is 32.2. The van der Waals surface area contributed by atoms with Gasteiger partial charge in [-0.15, -0.1) is 11.3 Å². The number of amides is 1. The monoisotopic (exact) mass is 321 g/mol. The van der Waals surface area contributed by atoms with E-state index in [4.69, 9.17) is 12.2 Å². The maximum Gasteiger partial charge on any atom is 0.270 e. The van der Waals surface area contributed by atoms with Crippen LogP contribution in [0.5, 0.6) is 0 Å². The molecule has 6 heteroatoms. The van der Waals surface area contributed by atoms with Gasteiger partial charge in [-0.05, 0) is 41.8 Å². The summed E-state index contributed by atoms with van der Waals surface area (Å²) >= 11 is 8.06. The summed E-state index contributed by atoms with van der Waals surface area (Å²) in [5.41, 5.74) is 0.587. The van der Waals surface area contributed by atoms with Crippen molar-refractivity contribution >= 4 is 57.3 Å². The van der Waals surface area contributed by atoms with Crippen molar-refractivity contribution in [3.05, 3.63) is 57.4 Å². The molecule has 1 aliphatic rings. The minimum Gasteiger partial charge on any atom is -0.268 e. The lowest BCUT2D eigenvalue weighted by Gasteiger charge is -2.14. The summed E-state index contributed by atoms with van der Waals surface area (Å²) in [5.74, 6) is -0.506. The van der Waals surface area contributed by atoms with E-state index < -0.39 is 0 Å². The summed E-state index contributed by atoms with van der Waals surface area (Å²) in [7, 11) is 0. The van der Waals surface area contributed by atoms with Crippen molar-refractivity contribution in [2.24, 2.45) is 0 Å². The lowest BCUT2D eigenvalue weighted by molar-refractivity contribution is -0.113. The minimum absolute atomic E-state index is 0.167. The summed E-state index contributed by atoms with van der Waals surface area (Å²) in [6.45, 7) is 0. The van der Waals surface area contributed by atoms with Gasteiger partial charge in [-0.2, -0.15) is 0 Å². The van der Waals surface area contributed by atoms with Crippen LogP contribution in [-0.4, -0.2) is 10.2 Å². The molecule has 1 aliphatic heterocycles. The molecule has 0 aliphatic carbocycles. The quantitative estimate of drug-likeness (QED) is 0.608. The molecule has 1 amide bonds. The van der Waals surface area contributed by atoms with Crippen molar-refractivity contribution in [3.63, 3.8) is 0 Å². The number of carbonyl (C=O) groups excluding carboxylic acids is 1. The number of thioether (sulfide) groups is 1. The zero-order chi connectivity index (χ0) is 14.1. The van der Waals surface area contributed by atoms with E-state index in [0.717, 1.165) is 4.88 Å². The first kappa shape index (κ1) is 13.5. The molecule has 20 heavy (non-hydrogen) atoms. The molecule has 2 aromatic rings. The summed E-state index contributed by atoms with van der Waals surface area (Å²) in [4.78, 5) is 15.4. The summed E-state index contributed by atoms with van der Waals surface area (Å²) < 4.78 is 13.4. The Bertz CT molecular complexity index is 692. The van der Waals surface area contributed by atoms with Crippen molar-refractivity contribution in [1.29, 1.82) is 0 Å². The molecule has 0 unspecified atom stereocenters. The summed E-state index contributed by atoms with van der Waals surface area (Å²) in [5, 5.41) is 1.95. The van der Waals surface area contributed by atoms with Crippen molar-refractivity contribution in [1.82, 2.24) is 0 Å². The number of nitrogens with zero attached hydrogens (tertiary/aromatic N) is 1. The third-order valence-electron chi connectivity index (χ3n) is 2.70. The Morgan fingerprint density at radius 1 is 1.20 bits per heavy atom. The van der Waals surface area contributed by atoms with Gasteiger partial charge < -0.3 is 0 Å². The van der Waals surface area contributed by atoms with Crippen LogP contribution in [-0.2, 0) is 4.79 Å². The first-order valence-corrected chi connectivity index (χ1v) is 7.82. The Morgan fingerprint density at radius 3 is 2.60 bits per heavy atom. The second kappa shape index (κ2) is 5.47. The molecule has 0 atom stereocenters. The number of thiocarbonyl (C=S) groups is 1. The predicted molar refractivity (Wildman–Crippen MR) is 86.4 cm³/mol. The van der Waals surface area contributed by atoms with Crippen LogP contribution in [0.3, 0.4) is 0 Å². The highest BCUT2D eigenvalue weighted by Crippen LogP contribution is 2.36. The minimum atomic E-state index is -0.340. The van der Waals surface area contributed by atoms with Crippen LogP contribution in [0.2, 0.25) is 0 Å². The number of benzene rings is 1. The first-order valence-electron chi connectivity index (χ1n) is 5.72. The van der Waals surface area contributed by atoms with E-state index in [1.54, 1.807) is 23.5 Å². The summed E-state index contributed by atoms with van der Waals surface area (Å²) in [6.07, 6.45) is 1.83. The van der Waals surface area contributed by atoms with E-state index in [1.165, 1.54) is 28.8 Å². The van der Waals surface area contributed by atoms with E-state index >= 15 is 0 Å². The molecule has 3 rings (SSSR count). The highest BCUT2D eigenvalue weighted by molar-refractivity contribution is 8.27. The molecule has 1 aromatic carbocycles. The lowest BCUT2D eigenvalue weighted by atomic mass is 10.3. The van der Waals surface area contributed by atoms with Crippen LogP contribution in [0, 0.1) is 5.82 Å². The third-order valence-corrected chi connectivity index (χ3v) is 4.82. The Morgan fingerprint density at radius 2 is 1.95 bits per heavy atom. The maximum atomic E-state index is 12.9. The Labute approximate surface area is 128 Å². The van der Waals surface area contributed by atoms with Crippen LogP contribution < -0.4 is 4.90 Å². The average molecular weight is 321 g/mol. The van der Waals surface area contributed by atoms with Crippen LogP contribution in [0.25, 0.3) is 6.08 Å². The molecule has 2 heterocycles. The van der Waals surface area contributed by atoms with E-state index in [2.05, 4.69) is 0 Å². The van der Waals surface area contributed by atoms with Gasteiger partial charge in [0.05, 0.1) is 10.6 Å². The van der Waals surface area contributed by atoms with Crippen molar-refractivity contribution in [2.75, 3.05) is 4.90 Å². The Kier molecular flexibility index (Phi) is 3.69. The van der Waals surface area contributed by atoms with Crippen LogP contribution in [0.15, 0.2) is 46.7 Å². The van der Waals surface area contributed by atoms with E-state index in [9.17, 15) is 9.18 Å². The van der Waals surface area contributed by atoms with Crippen molar-refractivity contribution in [2.45, 2.75) is 0 Å². The number of halogens is 1.